The number of anilines is 1. The Morgan fingerprint density at radius 2 is 1.86 bits per heavy atom. The number of aromatic nitrogens is 1. The molecule has 0 aliphatic carbocycles. The number of amides is 2. The summed E-state index contributed by atoms with van der Waals surface area (Å²) in [4.78, 5) is 29.5. The van der Waals surface area contributed by atoms with Crippen LogP contribution in [-0.2, 0) is 4.79 Å². The van der Waals surface area contributed by atoms with Crippen LogP contribution in [0.1, 0.15) is 15.9 Å². The molecule has 0 spiro atoms. The molecule has 0 aliphatic rings. The van der Waals surface area contributed by atoms with Gasteiger partial charge in [0.1, 0.15) is 5.82 Å². The minimum Gasteiger partial charge on any atom is -0.332 e. The van der Waals surface area contributed by atoms with Gasteiger partial charge in [-0.2, -0.15) is 0 Å². The molecule has 0 bridgehead atoms. The fourth-order valence-electron chi connectivity index (χ4n) is 1.81. The van der Waals surface area contributed by atoms with Crippen LogP contribution in [0.2, 0.25) is 0 Å². The molecule has 21 heavy (non-hydrogen) atoms. The fourth-order valence-corrected chi connectivity index (χ4v) is 1.81. The van der Waals surface area contributed by atoms with E-state index in [9.17, 15) is 9.59 Å². The average Bonchev–Trinajstić information content (AvgIpc) is 2.49. The zero-order chi connectivity index (χ0) is 15.2. The minimum atomic E-state index is -0.280. The first-order chi connectivity index (χ1) is 10.1. The van der Waals surface area contributed by atoms with Gasteiger partial charge in [0.15, 0.2) is 0 Å². The third-order valence-electron chi connectivity index (χ3n) is 2.93. The number of hydrogen-bond acceptors (Lipinski definition) is 3. The Hall–Kier alpha value is -2.69. The van der Waals surface area contributed by atoms with Gasteiger partial charge in [-0.15, -0.1) is 0 Å². The number of pyridine rings is 1. The highest BCUT2D eigenvalue weighted by atomic mass is 16.2. The predicted octanol–water partition coefficient (Wildman–Crippen LogP) is 2.10. The quantitative estimate of drug-likeness (QED) is 0.934. The lowest BCUT2D eigenvalue weighted by atomic mass is 10.2. The van der Waals surface area contributed by atoms with Crippen molar-refractivity contribution in [1.82, 2.24) is 9.88 Å². The summed E-state index contributed by atoms with van der Waals surface area (Å²) in [7, 11) is 1.59. The van der Waals surface area contributed by atoms with E-state index < -0.39 is 0 Å². The molecule has 0 saturated carbocycles. The van der Waals surface area contributed by atoms with Crippen molar-refractivity contribution < 1.29 is 9.59 Å². The van der Waals surface area contributed by atoms with Gasteiger partial charge in [0, 0.05) is 18.8 Å². The van der Waals surface area contributed by atoms with E-state index in [0.29, 0.717) is 11.4 Å². The molecule has 5 heteroatoms. The largest absolute Gasteiger partial charge is 0.332 e. The molecule has 1 heterocycles. The van der Waals surface area contributed by atoms with Gasteiger partial charge in [0.05, 0.1) is 6.54 Å². The Balaban J connectivity index is 1.93. The molecule has 1 N–H and O–H groups in total. The number of aryl methyl sites for hydroxylation is 1. The van der Waals surface area contributed by atoms with Crippen molar-refractivity contribution in [3.63, 3.8) is 0 Å². The summed E-state index contributed by atoms with van der Waals surface area (Å²) in [6, 6.07) is 12.4. The SMILES string of the molecule is Cc1ccc(NC(=O)CN(C)C(=O)c2ccccc2)nc1. The summed E-state index contributed by atoms with van der Waals surface area (Å²) in [5.41, 5.74) is 1.57. The average molecular weight is 283 g/mol. The molecule has 1 aromatic carbocycles. The van der Waals surface area contributed by atoms with Gasteiger partial charge in [-0.1, -0.05) is 24.3 Å². The van der Waals surface area contributed by atoms with Crippen LogP contribution in [0.25, 0.3) is 0 Å². The van der Waals surface area contributed by atoms with Crippen molar-refractivity contribution in [2.75, 3.05) is 18.9 Å². The highest BCUT2D eigenvalue weighted by Crippen LogP contribution is 2.05. The smallest absolute Gasteiger partial charge is 0.254 e. The van der Waals surface area contributed by atoms with Gasteiger partial charge in [-0.05, 0) is 30.7 Å². The van der Waals surface area contributed by atoms with Crippen molar-refractivity contribution in [2.24, 2.45) is 0 Å². The zero-order valence-corrected chi connectivity index (χ0v) is 12.0. The molecule has 0 aliphatic heterocycles. The number of carbonyl (C=O) groups is 2. The van der Waals surface area contributed by atoms with Crippen LogP contribution >= 0.6 is 0 Å². The van der Waals surface area contributed by atoms with Crippen LogP contribution in [0.4, 0.5) is 5.82 Å². The second-order valence-corrected chi connectivity index (χ2v) is 4.80. The van der Waals surface area contributed by atoms with Crippen molar-refractivity contribution in [2.45, 2.75) is 6.92 Å². The summed E-state index contributed by atoms with van der Waals surface area (Å²) in [6.45, 7) is 1.90. The van der Waals surface area contributed by atoms with E-state index in [-0.39, 0.29) is 18.4 Å². The topological polar surface area (TPSA) is 62.3 Å². The zero-order valence-electron chi connectivity index (χ0n) is 12.0. The first-order valence-electron chi connectivity index (χ1n) is 6.59. The van der Waals surface area contributed by atoms with Crippen molar-refractivity contribution in [1.29, 1.82) is 0 Å². The molecule has 108 valence electrons. The molecule has 2 aromatic rings. The van der Waals surface area contributed by atoms with E-state index in [1.54, 1.807) is 43.6 Å². The molecule has 0 fully saturated rings. The maximum Gasteiger partial charge on any atom is 0.254 e. The normalized spacial score (nSPS) is 10.0. The van der Waals surface area contributed by atoms with Crippen LogP contribution in [-0.4, -0.2) is 35.3 Å². The number of hydrogen-bond donors (Lipinski definition) is 1. The molecular formula is C16H17N3O2. The number of likely N-dealkylation sites (N-methyl/N-ethyl adjacent to an activating group) is 1. The summed E-state index contributed by atoms with van der Waals surface area (Å²) in [5, 5.41) is 2.66. The van der Waals surface area contributed by atoms with Gasteiger partial charge < -0.3 is 10.2 Å². The molecule has 2 amide bonds. The van der Waals surface area contributed by atoms with Crippen LogP contribution in [0.15, 0.2) is 48.7 Å². The van der Waals surface area contributed by atoms with E-state index in [4.69, 9.17) is 0 Å². The van der Waals surface area contributed by atoms with E-state index in [1.807, 2.05) is 19.1 Å². The molecule has 0 unspecified atom stereocenters. The molecule has 0 radical (unpaired) electrons. The van der Waals surface area contributed by atoms with E-state index >= 15 is 0 Å². The standard InChI is InChI=1S/C16H17N3O2/c1-12-8-9-14(17-10-12)18-15(20)11-19(2)16(21)13-6-4-3-5-7-13/h3-10H,11H2,1-2H3,(H,17,18,20). The van der Waals surface area contributed by atoms with E-state index in [2.05, 4.69) is 10.3 Å². The molecule has 2 rings (SSSR count). The van der Waals surface area contributed by atoms with Gasteiger partial charge >= 0.3 is 0 Å². The van der Waals surface area contributed by atoms with Crippen LogP contribution in [0, 0.1) is 6.92 Å². The molecule has 5 nitrogen and oxygen atoms in total. The highest BCUT2D eigenvalue weighted by Gasteiger charge is 2.14. The van der Waals surface area contributed by atoms with Crippen molar-refractivity contribution in [3.05, 3.63) is 59.8 Å². The third kappa shape index (κ3) is 4.14. The predicted molar refractivity (Wildman–Crippen MR) is 81.0 cm³/mol. The minimum absolute atomic E-state index is 0.0245. The number of carbonyl (C=O) groups excluding carboxylic acids is 2. The van der Waals surface area contributed by atoms with Crippen LogP contribution < -0.4 is 5.32 Å². The van der Waals surface area contributed by atoms with Gasteiger partial charge in [0.2, 0.25) is 5.91 Å². The monoisotopic (exact) mass is 283 g/mol. The van der Waals surface area contributed by atoms with Crippen molar-refractivity contribution >= 4 is 17.6 Å². The first-order valence-corrected chi connectivity index (χ1v) is 6.59. The lowest BCUT2D eigenvalue weighted by molar-refractivity contribution is -0.116. The lowest BCUT2D eigenvalue weighted by Crippen LogP contribution is -2.35. The van der Waals surface area contributed by atoms with Crippen LogP contribution in [0.5, 0.6) is 0 Å². The molecule has 0 saturated heterocycles. The summed E-state index contributed by atoms with van der Waals surface area (Å²) in [5.74, 6) is 0.00640. The van der Waals surface area contributed by atoms with Gasteiger partial charge in [0.25, 0.3) is 5.91 Å². The van der Waals surface area contributed by atoms with E-state index in [1.165, 1.54) is 4.90 Å². The molecular weight excluding hydrogens is 266 g/mol. The second-order valence-electron chi connectivity index (χ2n) is 4.80. The number of benzene rings is 1. The number of nitrogens with zero attached hydrogens (tertiary/aromatic N) is 2. The Labute approximate surface area is 123 Å². The maximum atomic E-state index is 12.1. The number of rotatable bonds is 4. The fraction of sp³-hybridized carbons (Fsp3) is 0.188. The van der Waals surface area contributed by atoms with E-state index in [0.717, 1.165) is 5.56 Å². The second kappa shape index (κ2) is 6.65. The Morgan fingerprint density at radius 3 is 2.48 bits per heavy atom. The lowest BCUT2D eigenvalue weighted by Gasteiger charge is -2.16. The maximum absolute atomic E-state index is 12.1. The highest BCUT2D eigenvalue weighted by molar-refractivity contribution is 5.98. The Morgan fingerprint density at radius 1 is 1.14 bits per heavy atom. The van der Waals surface area contributed by atoms with Gasteiger partial charge in [-0.25, -0.2) is 4.98 Å². The third-order valence-corrected chi connectivity index (χ3v) is 2.93. The van der Waals surface area contributed by atoms with Crippen molar-refractivity contribution in [3.8, 4) is 0 Å². The Kier molecular flexibility index (Phi) is 4.66. The van der Waals surface area contributed by atoms with Gasteiger partial charge in [-0.3, -0.25) is 9.59 Å². The first kappa shape index (κ1) is 14.7. The summed E-state index contributed by atoms with van der Waals surface area (Å²) < 4.78 is 0. The summed E-state index contributed by atoms with van der Waals surface area (Å²) in [6.07, 6.45) is 1.68. The molecule has 0 atom stereocenters. The van der Waals surface area contributed by atoms with Crippen LogP contribution in [0.3, 0.4) is 0 Å². The Bertz CT molecular complexity index is 624. The number of nitrogens with one attached hydrogen (secondary N) is 1. The molecule has 1 aromatic heterocycles. The summed E-state index contributed by atoms with van der Waals surface area (Å²) >= 11 is 0.